The van der Waals surface area contributed by atoms with E-state index < -0.39 is 42.2 Å². The number of carbonyl (C=O) groups is 3. The van der Waals surface area contributed by atoms with E-state index >= 15 is 0 Å². The summed E-state index contributed by atoms with van der Waals surface area (Å²) in [7, 11) is 0. The molecule has 1 aliphatic carbocycles. The Morgan fingerprint density at radius 2 is 0.831 bits per heavy atom. The van der Waals surface area contributed by atoms with Gasteiger partial charge in [0.15, 0.2) is 11.7 Å². The number of likely N-dealkylation sites (N-methyl/N-ethyl adjacent to an activating group) is 1. The first-order valence-electron chi connectivity index (χ1n) is 45.8. The molecule has 6 aromatic carbocycles. The first kappa shape index (κ1) is 90.7. The minimum Gasteiger partial charge on any atom is -0.463 e. The number of nitrogens with zero attached hydrogens (tertiary/aromatic N) is 20. The van der Waals surface area contributed by atoms with Gasteiger partial charge in [0.1, 0.15) is 55.5 Å². The van der Waals surface area contributed by atoms with Crippen LogP contribution < -0.4 is 43.6 Å². The minimum atomic E-state index is -1.00. The van der Waals surface area contributed by atoms with Crippen molar-refractivity contribution in [2.75, 3.05) is 174 Å². The summed E-state index contributed by atoms with van der Waals surface area (Å²) in [6.07, 6.45) is 10.5. The van der Waals surface area contributed by atoms with Crippen LogP contribution in [0.2, 0.25) is 0 Å². The predicted octanol–water partition coefficient (Wildman–Crippen LogP) is 14.7. The highest BCUT2D eigenvalue weighted by Gasteiger charge is 2.43. The number of alkyl halides is 1. The number of hydrogen-bond donors (Lipinski definition) is 0. The second-order valence-electron chi connectivity index (χ2n) is 36.5. The van der Waals surface area contributed by atoms with Crippen LogP contribution in [0.3, 0.4) is 0 Å². The number of likely N-dealkylation sites (tertiary alicyclic amines) is 2. The third-order valence-corrected chi connectivity index (χ3v) is 27.4. The van der Waals surface area contributed by atoms with Crippen LogP contribution in [0.15, 0.2) is 146 Å². The van der Waals surface area contributed by atoms with E-state index in [0.29, 0.717) is 128 Å². The van der Waals surface area contributed by atoms with Gasteiger partial charge in [-0.05, 0) is 156 Å². The number of benzene rings is 6. The fourth-order valence-electron chi connectivity index (χ4n) is 20.2. The van der Waals surface area contributed by atoms with E-state index in [0.717, 1.165) is 123 Å². The lowest BCUT2D eigenvalue weighted by Crippen LogP contribution is -2.59. The molecule has 678 valence electrons. The molecule has 0 spiro atoms. The highest BCUT2D eigenvalue weighted by molar-refractivity contribution is 5.99. The Labute approximate surface area is 760 Å². The standard InChI is InChI=1S/C36H44FN7O2.C33H38FN7O2.C32H35FN6O2/c1-25-9-6-10-26-11-7-12-31(33(25)26)41-17-15-29-30(23-41)39-35(46-24-27-14-18-44(27)36(2,3)4)40-34(29)42-19-20-43(28(22-42)21-38-5)32(45)13-8-16-37;1-5-38-14-12-25(38)21-43-33-36-28-20-39(29-11-7-10-24-9-6-8-22(2)30(24)29)15-13-27(28)31(37-33)40-16-17-41(32(42)23(3)34)26(19-40)18-35-4;1-21-7-4-10-24-11-6-12-28(29(21)24)37-14-13-26-27(19-37)35-32(41-20-23-8-5-9-23)36-30(26)38-15-16-39(31(40)22(2)33)25(18-38)17-34-3/h6-13,27-28H,14-24H2,1-4H3;6-11,25-26H,3,5,12-21H2,1-2H3;4,6-7,10-12,23,25H,2,5,8-9,13-20H2,1H3/b13-8+;;/t27?,28-;25?,26-;25-/m000/s1. The monoisotopic (exact) mass is 1760 g/mol. The molecule has 8 aliphatic heterocycles. The SMILES string of the molecule is [C-]#[N+]C[C@H]1CN(c2nc(OCC3CCC3)nc3c2CCN(c2cccc4cccc(C)c24)C3)CCN1C(=O)C(=C)F.[C-]#[N+]C[C@H]1CN(c2nc(OCC3CCN3C(C)(C)C)nc3c2CCN(c2cccc4cccc(C)c24)C3)CCN1C(=O)/C=C/CF.[C-]#[N+]C[C@H]1CN(c2nc(OCC3CCN3CC)nc3c2CCN(c2cccc4cccc(C)c24)C3)CCN1C(=O)C(=C)F. The summed E-state index contributed by atoms with van der Waals surface area (Å²) in [5.74, 6) is -0.787. The molecule has 29 heteroatoms. The van der Waals surface area contributed by atoms with Crippen LogP contribution in [0, 0.1) is 46.4 Å². The second-order valence-corrected chi connectivity index (χ2v) is 36.5. The van der Waals surface area contributed by atoms with Gasteiger partial charge in [-0.3, -0.25) is 24.2 Å². The average Bonchev–Trinajstić information content (AvgIpc) is 0.776. The van der Waals surface area contributed by atoms with Crippen LogP contribution in [0.25, 0.3) is 46.9 Å². The molecule has 26 nitrogen and oxygen atoms in total. The van der Waals surface area contributed by atoms with Crippen molar-refractivity contribution in [2.24, 2.45) is 5.92 Å². The third-order valence-electron chi connectivity index (χ3n) is 27.4. The van der Waals surface area contributed by atoms with E-state index in [4.69, 9.17) is 63.8 Å². The van der Waals surface area contributed by atoms with Crippen molar-refractivity contribution in [1.29, 1.82) is 0 Å². The van der Waals surface area contributed by atoms with Crippen molar-refractivity contribution in [1.82, 2.24) is 54.4 Å². The highest BCUT2D eigenvalue weighted by Crippen LogP contribution is 2.42. The van der Waals surface area contributed by atoms with Gasteiger partial charge in [-0.15, -0.1) is 0 Å². The number of rotatable bonds is 23. The molecule has 6 fully saturated rings. The Bertz CT molecular complexity index is 5890. The van der Waals surface area contributed by atoms with Crippen LogP contribution in [0.1, 0.15) is 110 Å². The van der Waals surface area contributed by atoms with Crippen LogP contribution in [0.5, 0.6) is 18.0 Å². The number of carbonyl (C=O) groups excluding carboxylic acids is 3. The van der Waals surface area contributed by atoms with Gasteiger partial charge >= 0.3 is 18.0 Å². The topological polar surface area (TPSA) is 205 Å². The Hall–Kier alpha value is -12.7. The van der Waals surface area contributed by atoms with Gasteiger partial charge in [0.25, 0.3) is 11.8 Å². The molecular weight excluding hydrogens is 1650 g/mol. The lowest BCUT2D eigenvalue weighted by atomic mass is 9.86. The van der Waals surface area contributed by atoms with E-state index in [-0.39, 0.29) is 43.7 Å². The van der Waals surface area contributed by atoms with Gasteiger partial charge in [-0.25, -0.2) is 32.9 Å². The number of ether oxygens (including phenoxy) is 3. The smallest absolute Gasteiger partial charge is 0.318 e. The highest BCUT2D eigenvalue weighted by atomic mass is 19.1. The summed E-state index contributed by atoms with van der Waals surface area (Å²) in [5.41, 5.74) is 13.4. The van der Waals surface area contributed by atoms with E-state index in [9.17, 15) is 27.6 Å². The van der Waals surface area contributed by atoms with Crippen molar-refractivity contribution < 1.29 is 41.8 Å². The molecule has 0 radical (unpaired) electrons. The lowest BCUT2D eigenvalue weighted by molar-refractivity contribution is -0.131. The van der Waals surface area contributed by atoms with Crippen molar-refractivity contribution in [3.8, 4) is 18.0 Å². The zero-order chi connectivity index (χ0) is 91.0. The zero-order valence-electron chi connectivity index (χ0n) is 75.8. The molecule has 11 heterocycles. The molecule has 130 heavy (non-hydrogen) atoms. The number of piperazine rings is 3. The van der Waals surface area contributed by atoms with Crippen LogP contribution in [-0.2, 0) is 53.3 Å². The van der Waals surface area contributed by atoms with Gasteiger partial charge in [0.05, 0.1) is 43.3 Å². The molecule has 5 atom stereocenters. The summed E-state index contributed by atoms with van der Waals surface area (Å²) < 4.78 is 59.1. The molecule has 3 aromatic heterocycles. The molecule has 9 aliphatic rings. The molecule has 1 saturated carbocycles. The average molecular weight is 1760 g/mol. The zero-order valence-corrected chi connectivity index (χ0v) is 75.8. The molecular formula is C101H117F3N20O6. The van der Waals surface area contributed by atoms with Crippen molar-refractivity contribution in [3.63, 3.8) is 0 Å². The molecule has 2 unspecified atom stereocenters. The van der Waals surface area contributed by atoms with Crippen LogP contribution in [0.4, 0.5) is 47.7 Å². The Morgan fingerprint density at radius 1 is 0.462 bits per heavy atom. The third kappa shape index (κ3) is 19.6. The number of amides is 3. The van der Waals surface area contributed by atoms with E-state index in [1.54, 1.807) is 4.90 Å². The van der Waals surface area contributed by atoms with Gasteiger partial charge in [-0.2, -0.15) is 29.9 Å². The van der Waals surface area contributed by atoms with Crippen LogP contribution >= 0.6 is 0 Å². The number of hydrogen-bond acceptors (Lipinski definition) is 20. The quantitative estimate of drug-likeness (QED) is 0.0431. The number of aryl methyl sites for hydroxylation is 3. The van der Waals surface area contributed by atoms with Gasteiger partial charge < -0.3 is 72.8 Å². The molecule has 3 amide bonds. The Kier molecular flexibility index (Phi) is 28.0. The number of anilines is 6. The maximum Gasteiger partial charge on any atom is 0.318 e. The first-order valence-corrected chi connectivity index (χ1v) is 45.8. The number of aromatic nitrogens is 6. The molecule has 9 aromatic rings. The minimum absolute atomic E-state index is 0.0691. The number of fused-ring (bicyclic) bond motifs is 6. The maximum atomic E-state index is 13.8. The first-order chi connectivity index (χ1) is 63.0. The lowest BCUT2D eigenvalue weighted by Gasteiger charge is -2.49. The van der Waals surface area contributed by atoms with Crippen molar-refractivity contribution in [2.45, 2.75) is 155 Å². The summed E-state index contributed by atoms with van der Waals surface area (Å²) in [4.78, 5) is 101. The normalized spacial score (nSPS) is 20.0. The molecule has 18 rings (SSSR count). The van der Waals surface area contributed by atoms with Gasteiger partial charge in [0, 0.05) is 165 Å². The second kappa shape index (κ2) is 40.2. The van der Waals surface area contributed by atoms with Gasteiger partial charge in [0.2, 0.25) is 25.5 Å². The largest absolute Gasteiger partial charge is 0.463 e. The number of halogens is 3. The Morgan fingerprint density at radius 3 is 1.16 bits per heavy atom. The summed E-state index contributed by atoms with van der Waals surface area (Å²) >= 11 is 0. The summed E-state index contributed by atoms with van der Waals surface area (Å²) in [6.45, 7) is 56.6. The van der Waals surface area contributed by atoms with Gasteiger partial charge in [-0.1, -0.05) is 117 Å². The van der Waals surface area contributed by atoms with Crippen molar-refractivity contribution in [3.05, 3.63) is 231 Å². The molecule has 5 saturated heterocycles. The maximum absolute atomic E-state index is 13.8. The van der Waals surface area contributed by atoms with E-state index in [2.05, 4.69) is 225 Å². The predicted molar refractivity (Wildman–Crippen MR) is 504 cm³/mol. The fourth-order valence-corrected chi connectivity index (χ4v) is 20.2. The molecule has 0 bridgehead atoms. The van der Waals surface area contributed by atoms with Crippen molar-refractivity contribution >= 4 is 84.6 Å². The number of allylic oxidation sites excluding steroid dienone is 1. The van der Waals surface area contributed by atoms with Crippen LogP contribution in [-0.4, -0.2) is 252 Å². The summed E-state index contributed by atoms with van der Waals surface area (Å²) in [6, 6.07) is 39.1. The van der Waals surface area contributed by atoms with E-state index in [1.165, 1.54) is 107 Å². The Balaban J connectivity index is 0.000000143. The molecule has 0 N–H and O–H groups in total. The fraction of sp³-hybridized carbons (Fsp3) is 0.465. The van der Waals surface area contributed by atoms with E-state index in [1.807, 2.05) is 0 Å². The summed E-state index contributed by atoms with van der Waals surface area (Å²) in [5, 5.41) is 7.42.